The number of carbonyl (C=O) groups excluding carboxylic acids is 1. The van der Waals surface area contributed by atoms with Gasteiger partial charge in [0.2, 0.25) is 0 Å². The molecule has 0 amide bonds. The molecule has 0 saturated carbocycles. The molecule has 0 radical (unpaired) electrons. The number of nitrogens with two attached hydrogens (primary N) is 1. The number of hydrogen-bond acceptors (Lipinski definition) is 6. The highest BCUT2D eigenvalue weighted by molar-refractivity contribution is 6.30. The highest BCUT2D eigenvalue weighted by Gasteiger charge is 2.50. The second kappa shape index (κ2) is 7.14. The predicted octanol–water partition coefficient (Wildman–Crippen LogP) is 2.87. The van der Waals surface area contributed by atoms with Crippen molar-refractivity contribution >= 4 is 23.4 Å². The van der Waals surface area contributed by atoms with Gasteiger partial charge in [0.05, 0.1) is 29.7 Å². The molecular weight excluding hydrogens is 385 g/mol. The number of amidine groups is 1. The zero-order chi connectivity index (χ0) is 19.9. The molecule has 2 aromatic rings. The number of aromatic nitrogens is 1. The van der Waals surface area contributed by atoms with Crippen LogP contribution in [-0.2, 0) is 21.4 Å². The molecule has 1 aromatic heterocycles. The smallest absolute Gasteiger partial charge is 0.283 e. The summed E-state index contributed by atoms with van der Waals surface area (Å²) in [5.74, 6) is -0.762. The molecule has 1 aromatic carbocycles. The quantitative estimate of drug-likeness (QED) is 0.793. The number of benzene rings is 1. The molecule has 0 aliphatic carbocycles. The fourth-order valence-corrected chi connectivity index (χ4v) is 3.93. The second-order valence-corrected chi connectivity index (χ2v) is 7.61. The maximum atomic E-state index is 14.8. The molecule has 0 spiro atoms. The number of fused-ring (bicyclic) bond motifs is 1. The van der Waals surface area contributed by atoms with E-state index in [4.69, 9.17) is 26.8 Å². The number of ketones is 1. The van der Waals surface area contributed by atoms with E-state index in [1.807, 2.05) is 6.92 Å². The third kappa shape index (κ3) is 3.36. The summed E-state index contributed by atoms with van der Waals surface area (Å²) in [6.07, 6.45) is 1.23. The van der Waals surface area contributed by atoms with Gasteiger partial charge >= 0.3 is 0 Å². The SMILES string of the molecule is C[C@]1(c2cc(CC(=O)c3ccc(Cl)cn3)ccc2F)N=C(N)OC2COCC21. The predicted molar refractivity (Wildman–Crippen MR) is 102 cm³/mol. The van der Waals surface area contributed by atoms with E-state index in [-0.39, 0.29) is 30.2 Å². The molecule has 2 unspecified atom stereocenters. The average molecular weight is 404 g/mol. The van der Waals surface area contributed by atoms with E-state index in [0.29, 0.717) is 35.1 Å². The van der Waals surface area contributed by atoms with Gasteiger partial charge in [-0.3, -0.25) is 9.78 Å². The summed E-state index contributed by atoms with van der Waals surface area (Å²) in [5.41, 5.74) is 6.23. The Morgan fingerprint density at radius 1 is 1.36 bits per heavy atom. The van der Waals surface area contributed by atoms with E-state index >= 15 is 0 Å². The third-order valence-electron chi connectivity index (χ3n) is 5.32. The summed E-state index contributed by atoms with van der Waals surface area (Å²) in [6, 6.07) is 7.80. The van der Waals surface area contributed by atoms with E-state index in [2.05, 4.69) is 9.98 Å². The summed E-state index contributed by atoms with van der Waals surface area (Å²) >= 11 is 5.81. The average Bonchev–Trinajstić information content (AvgIpc) is 3.13. The van der Waals surface area contributed by atoms with Gasteiger partial charge < -0.3 is 15.2 Å². The monoisotopic (exact) mass is 403 g/mol. The zero-order valence-corrected chi connectivity index (χ0v) is 15.9. The van der Waals surface area contributed by atoms with Gasteiger partial charge in [0.25, 0.3) is 6.02 Å². The van der Waals surface area contributed by atoms with Crippen molar-refractivity contribution in [2.24, 2.45) is 16.6 Å². The Bertz CT molecular complexity index is 950. The molecule has 2 aliphatic heterocycles. The molecule has 4 rings (SSSR count). The first-order chi connectivity index (χ1) is 13.4. The minimum atomic E-state index is -0.939. The number of hydrogen-bond donors (Lipinski definition) is 1. The number of pyridine rings is 1. The molecule has 2 N–H and O–H groups in total. The summed E-state index contributed by atoms with van der Waals surface area (Å²) in [6.45, 7) is 2.60. The highest BCUT2D eigenvalue weighted by atomic mass is 35.5. The van der Waals surface area contributed by atoms with Crippen LogP contribution in [0.4, 0.5) is 4.39 Å². The van der Waals surface area contributed by atoms with Crippen molar-refractivity contribution in [2.75, 3.05) is 13.2 Å². The van der Waals surface area contributed by atoms with Crippen molar-refractivity contribution in [1.82, 2.24) is 4.98 Å². The number of rotatable bonds is 4. The Labute approximate surface area is 166 Å². The minimum Gasteiger partial charge on any atom is -0.459 e. The van der Waals surface area contributed by atoms with Crippen LogP contribution in [0.3, 0.4) is 0 Å². The largest absolute Gasteiger partial charge is 0.459 e. The van der Waals surface area contributed by atoms with Crippen molar-refractivity contribution in [3.8, 4) is 0 Å². The molecule has 146 valence electrons. The van der Waals surface area contributed by atoms with Gasteiger partial charge in [0.1, 0.15) is 17.6 Å². The van der Waals surface area contributed by atoms with Gasteiger partial charge in [-0.1, -0.05) is 17.7 Å². The van der Waals surface area contributed by atoms with Gasteiger partial charge in [-0.15, -0.1) is 0 Å². The highest BCUT2D eigenvalue weighted by Crippen LogP contribution is 2.43. The van der Waals surface area contributed by atoms with E-state index in [1.165, 1.54) is 12.3 Å². The summed E-state index contributed by atoms with van der Waals surface area (Å²) in [5, 5.41) is 0.455. The number of ether oxygens (including phenoxy) is 2. The topological polar surface area (TPSA) is 86.8 Å². The lowest BCUT2D eigenvalue weighted by molar-refractivity contribution is 0.0816. The van der Waals surface area contributed by atoms with Crippen LogP contribution in [0.5, 0.6) is 0 Å². The van der Waals surface area contributed by atoms with Crippen LogP contribution in [0.2, 0.25) is 5.02 Å². The second-order valence-electron chi connectivity index (χ2n) is 7.17. The zero-order valence-electron chi connectivity index (χ0n) is 15.2. The number of Topliss-reactive ketones (excluding diaryl/α,β-unsaturated/α-hetero) is 1. The van der Waals surface area contributed by atoms with Gasteiger partial charge in [0.15, 0.2) is 5.78 Å². The molecular formula is C20H19ClFN3O3. The van der Waals surface area contributed by atoms with Crippen molar-refractivity contribution < 1.29 is 18.7 Å². The van der Waals surface area contributed by atoms with Gasteiger partial charge in [-0.05, 0) is 36.8 Å². The van der Waals surface area contributed by atoms with Crippen molar-refractivity contribution in [3.05, 3.63) is 64.2 Å². The fraction of sp³-hybridized carbons (Fsp3) is 0.350. The Kier molecular flexibility index (Phi) is 4.81. The lowest BCUT2D eigenvalue weighted by atomic mass is 9.77. The van der Waals surface area contributed by atoms with Crippen LogP contribution in [-0.4, -0.2) is 36.1 Å². The van der Waals surface area contributed by atoms with E-state index in [0.717, 1.165) is 0 Å². The molecule has 3 atom stereocenters. The minimum absolute atomic E-state index is 0.0143. The number of halogens is 2. The first-order valence-electron chi connectivity index (χ1n) is 8.90. The number of nitrogens with zero attached hydrogens (tertiary/aromatic N) is 2. The van der Waals surface area contributed by atoms with Crippen LogP contribution < -0.4 is 5.73 Å². The number of aliphatic imine (C=N–C) groups is 1. The van der Waals surface area contributed by atoms with E-state index in [1.54, 1.807) is 24.3 Å². The van der Waals surface area contributed by atoms with Crippen LogP contribution in [0.1, 0.15) is 28.5 Å². The standard InChI is InChI=1S/C20H19ClFN3O3/c1-20(14-9-27-10-18(14)28-19(23)25-20)13-6-11(2-4-15(13)22)7-17(26)16-5-3-12(21)8-24-16/h2-6,8,14,18H,7,9-10H2,1H3,(H2,23,25)/t14?,18?,20-/m1/s1. The van der Waals surface area contributed by atoms with Gasteiger partial charge in [-0.25, -0.2) is 9.38 Å². The van der Waals surface area contributed by atoms with Crippen LogP contribution in [0.25, 0.3) is 0 Å². The van der Waals surface area contributed by atoms with Crippen LogP contribution in [0.15, 0.2) is 41.5 Å². The third-order valence-corrected chi connectivity index (χ3v) is 5.54. The molecule has 8 heteroatoms. The summed E-state index contributed by atoms with van der Waals surface area (Å²) in [7, 11) is 0. The fourth-order valence-electron chi connectivity index (χ4n) is 3.82. The lowest BCUT2D eigenvalue weighted by Crippen LogP contribution is -2.47. The maximum absolute atomic E-state index is 14.8. The molecule has 3 heterocycles. The van der Waals surface area contributed by atoms with Crippen molar-refractivity contribution in [3.63, 3.8) is 0 Å². The van der Waals surface area contributed by atoms with E-state index < -0.39 is 11.4 Å². The van der Waals surface area contributed by atoms with Gasteiger partial charge in [-0.2, -0.15) is 0 Å². The maximum Gasteiger partial charge on any atom is 0.283 e. The normalized spacial score (nSPS) is 26.3. The Morgan fingerprint density at radius 3 is 2.93 bits per heavy atom. The van der Waals surface area contributed by atoms with Crippen molar-refractivity contribution in [2.45, 2.75) is 25.0 Å². The van der Waals surface area contributed by atoms with E-state index in [9.17, 15) is 9.18 Å². The molecule has 0 bridgehead atoms. The van der Waals surface area contributed by atoms with Crippen molar-refractivity contribution in [1.29, 1.82) is 0 Å². The summed E-state index contributed by atoms with van der Waals surface area (Å²) < 4.78 is 25.8. The Morgan fingerprint density at radius 2 is 2.18 bits per heavy atom. The van der Waals surface area contributed by atoms with Crippen LogP contribution in [0, 0.1) is 11.7 Å². The first-order valence-corrected chi connectivity index (χ1v) is 9.28. The molecule has 2 aliphatic rings. The van der Waals surface area contributed by atoms with Gasteiger partial charge in [0, 0.05) is 18.2 Å². The Hall–Kier alpha value is -2.51. The lowest BCUT2D eigenvalue weighted by Gasteiger charge is -2.38. The summed E-state index contributed by atoms with van der Waals surface area (Å²) in [4.78, 5) is 21.0. The molecule has 1 fully saturated rings. The Balaban J connectivity index is 1.66. The number of carbonyl (C=O) groups is 1. The molecule has 28 heavy (non-hydrogen) atoms. The molecule has 6 nitrogen and oxygen atoms in total. The first kappa shape index (κ1) is 18.8. The molecule has 1 saturated heterocycles. The van der Waals surface area contributed by atoms with Crippen LogP contribution >= 0.6 is 11.6 Å².